The van der Waals surface area contributed by atoms with Crippen molar-refractivity contribution in [2.24, 2.45) is 5.92 Å². The number of alkyl carbamates (subject to hydrolysis) is 1. The molecule has 1 amide bonds. The van der Waals surface area contributed by atoms with Gasteiger partial charge in [0.1, 0.15) is 6.61 Å². The van der Waals surface area contributed by atoms with Crippen molar-refractivity contribution in [3.05, 3.63) is 0 Å². The number of carbonyl (C=O) groups excluding carboxylic acids is 1. The van der Waals surface area contributed by atoms with Gasteiger partial charge >= 0.3 is 6.09 Å². The molecule has 1 atom stereocenters. The standard InChI is InChI=1S/C13H27NO2S2.H2/c1-4-7-8-12(5-2)11-18-17-10-9-16-13(15)14-6-3;/h12H,4-11H2,1-3H3,(H,14,15);1H. The van der Waals surface area contributed by atoms with E-state index in [2.05, 4.69) is 19.2 Å². The summed E-state index contributed by atoms with van der Waals surface area (Å²) in [6.07, 6.45) is 4.93. The van der Waals surface area contributed by atoms with E-state index in [9.17, 15) is 4.79 Å². The molecule has 0 aromatic carbocycles. The highest BCUT2D eigenvalue weighted by Gasteiger charge is 2.06. The molecule has 0 fully saturated rings. The Labute approximate surface area is 121 Å². The highest BCUT2D eigenvalue weighted by Crippen LogP contribution is 2.27. The van der Waals surface area contributed by atoms with Gasteiger partial charge in [0.25, 0.3) is 0 Å². The van der Waals surface area contributed by atoms with E-state index in [0.717, 1.165) is 11.7 Å². The van der Waals surface area contributed by atoms with E-state index >= 15 is 0 Å². The predicted octanol–water partition coefficient (Wildman–Crippen LogP) is 4.58. The number of amides is 1. The van der Waals surface area contributed by atoms with Crippen molar-refractivity contribution < 1.29 is 11.0 Å². The molecule has 110 valence electrons. The van der Waals surface area contributed by atoms with E-state index in [1.165, 1.54) is 31.4 Å². The molecule has 0 aromatic rings. The minimum atomic E-state index is -0.308. The zero-order valence-electron chi connectivity index (χ0n) is 11.9. The maximum Gasteiger partial charge on any atom is 0.407 e. The fourth-order valence-corrected chi connectivity index (χ4v) is 3.85. The lowest BCUT2D eigenvalue weighted by Gasteiger charge is -2.13. The SMILES string of the molecule is CCCCC(CC)CSSCCOC(=O)NCC.[HH]. The third-order valence-electron chi connectivity index (χ3n) is 2.65. The summed E-state index contributed by atoms with van der Waals surface area (Å²) in [5, 5.41) is 2.61. The lowest BCUT2D eigenvalue weighted by molar-refractivity contribution is 0.154. The lowest BCUT2D eigenvalue weighted by atomic mass is 10.0. The predicted molar refractivity (Wildman–Crippen MR) is 85.4 cm³/mol. The van der Waals surface area contributed by atoms with Gasteiger partial charge in [0.2, 0.25) is 0 Å². The van der Waals surface area contributed by atoms with Crippen molar-refractivity contribution >= 4 is 27.7 Å². The molecular weight excluding hydrogens is 266 g/mol. The summed E-state index contributed by atoms with van der Waals surface area (Å²) >= 11 is 0. The van der Waals surface area contributed by atoms with Crippen LogP contribution in [0.2, 0.25) is 0 Å². The fraction of sp³-hybridized carbons (Fsp3) is 0.923. The Morgan fingerprint density at radius 1 is 1.33 bits per heavy atom. The van der Waals surface area contributed by atoms with Gasteiger partial charge in [-0.25, -0.2) is 4.79 Å². The van der Waals surface area contributed by atoms with Crippen molar-refractivity contribution in [2.75, 3.05) is 24.7 Å². The van der Waals surface area contributed by atoms with Gasteiger partial charge in [-0.2, -0.15) is 0 Å². The molecule has 0 bridgehead atoms. The topological polar surface area (TPSA) is 38.3 Å². The van der Waals surface area contributed by atoms with Crippen molar-refractivity contribution in [1.29, 1.82) is 0 Å². The second-order valence-corrected chi connectivity index (χ2v) is 6.82. The summed E-state index contributed by atoms with van der Waals surface area (Å²) in [5.74, 6) is 2.92. The first kappa shape index (κ1) is 18.0. The Balaban J connectivity index is 0. The summed E-state index contributed by atoms with van der Waals surface area (Å²) < 4.78 is 5.00. The van der Waals surface area contributed by atoms with Crippen LogP contribution in [0.3, 0.4) is 0 Å². The zero-order chi connectivity index (χ0) is 13.6. The molecule has 5 heteroatoms. The lowest BCUT2D eigenvalue weighted by Crippen LogP contribution is -2.24. The maximum absolute atomic E-state index is 11.0. The molecule has 0 saturated carbocycles. The highest BCUT2D eigenvalue weighted by molar-refractivity contribution is 8.76. The number of unbranched alkanes of at least 4 members (excludes halogenated alkanes) is 1. The summed E-state index contributed by atoms with van der Waals surface area (Å²) in [5.41, 5.74) is 0. The Morgan fingerprint density at radius 2 is 2.11 bits per heavy atom. The monoisotopic (exact) mass is 295 g/mol. The molecular formula is C13H29NO2S2. The van der Waals surface area contributed by atoms with Crippen LogP contribution in [0.4, 0.5) is 4.79 Å². The molecule has 0 heterocycles. The first-order valence-electron chi connectivity index (χ1n) is 6.89. The van der Waals surface area contributed by atoms with Crippen molar-refractivity contribution in [2.45, 2.75) is 46.5 Å². The third-order valence-corrected chi connectivity index (χ3v) is 5.17. The van der Waals surface area contributed by atoms with Gasteiger partial charge in [-0.3, -0.25) is 0 Å². The number of nitrogens with one attached hydrogen (secondary N) is 1. The Kier molecular flexibility index (Phi) is 13.4. The van der Waals surface area contributed by atoms with Crippen LogP contribution in [0, 0.1) is 5.92 Å². The average Bonchev–Trinajstić information content (AvgIpc) is 2.37. The molecule has 1 N–H and O–H groups in total. The second-order valence-electron chi connectivity index (χ2n) is 4.19. The van der Waals surface area contributed by atoms with Gasteiger partial charge in [0, 0.05) is 19.5 Å². The Morgan fingerprint density at radius 3 is 2.72 bits per heavy atom. The first-order chi connectivity index (χ1) is 8.74. The summed E-state index contributed by atoms with van der Waals surface area (Å²) in [4.78, 5) is 11.0. The number of hydrogen-bond acceptors (Lipinski definition) is 4. The van der Waals surface area contributed by atoms with E-state index in [1.807, 2.05) is 17.7 Å². The van der Waals surface area contributed by atoms with E-state index in [4.69, 9.17) is 4.74 Å². The number of hydrogen-bond donors (Lipinski definition) is 1. The first-order valence-corrected chi connectivity index (χ1v) is 9.38. The van der Waals surface area contributed by atoms with E-state index in [1.54, 1.807) is 10.8 Å². The molecule has 0 saturated heterocycles. The summed E-state index contributed by atoms with van der Waals surface area (Å²) in [6, 6.07) is 0. The van der Waals surface area contributed by atoms with Crippen LogP contribution in [0.1, 0.15) is 47.9 Å². The quantitative estimate of drug-likeness (QED) is 0.447. The van der Waals surface area contributed by atoms with Gasteiger partial charge in [0.05, 0.1) is 0 Å². The van der Waals surface area contributed by atoms with Crippen LogP contribution in [-0.4, -0.2) is 30.8 Å². The Hall–Kier alpha value is -0.0300. The van der Waals surface area contributed by atoms with E-state index in [0.29, 0.717) is 13.2 Å². The number of rotatable bonds is 11. The van der Waals surface area contributed by atoms with Gasteiger partial charge in [-0.15, -0.1) is 0 Å². The largest absolute Gasteiger partial charge is 0.449 e. The number of carbonyl (C=O) groups is 1. The average molecular weight is 296 g/mol. The zero-order valence-corrected chi connectivity index (χ0v) is 13.5. The van der Waals surface area contributed by atoms with Crippen LogP contribution >= 0.6 is 21.6 Å². The molecule has 0 spiro atoms. The van der Waals surface area contributed by atoms with Crippen LogP contribution < -0.4 is 5.32 Å². The van der Waals surface area contributed by atoms with E-state index < -0.39 is 0 Å². The fourth-order valence-electron chi connectivity index (χ4n) is 1.47. The van der Waals surface area contributed by atoms with Crippen molar-refractivity contribution in [3.8, 4) is 0 Å². The molecule has 1 unspecified atom stereocenters. The molecule has 0 aliphatic rings. The molecule has 3 nitrogen and oxygen atoms in total. The van der Waals surface area contributed by atoms with Gasteiger partial charge in [-0.1, -0.05) is 54.7 Å². The molecule has 0 rings (SSSR count). The highest BCUT2D eigenvalue weighted by atomic mass is 33.1. The summed E-state index contributed by atoms with van der Waals surface area (Å²) in [7, 11) is 3.71. The van der Waals surface area contributed by atoms with Crippen LogP contribution in [-0.2, 0) is 4.74 Å². The van der Waals surface area contributed by atoms with Gasteiger partial charge < -0.3 is 10.1 Å². The van der Waals surface area contributed by atoms with Crippen LogP contribution in [0.5, 0.6) is 0 Å². The van der Waals surface area contributed by atoms with Gasteiger partial charge in [-0.05, 0) is 19.3 Å². The molecule has 0 aliphatic heterocycles. The normalized spacial score (nSPS) is 12.2. The van der Waals surface area contributed by atoms with Crippen molar-refractivity contribution in [3.63, 3.8) is 0 Å². The number of ether oxygens (including phenoxy) is 1. The minimum absolute atomic E-state index is 0. The van der Waals surface area contributed by atoms with Crippen LogP contribution in [0.15, 0.2) is 0 Å². The minimum Gasteiger partial charge on any atom is -0.449 e. The smallest absolute Gasteiger partial charge is 0.407 e. The van der Waals surface area contributed by atoms with Crippen LogP contribution in [0.25, 0.3) is 0 Å². The molecule has 0 aromatic heterocycles. The Bertz CT molecular complexity index is 209. The molecule has 0 radical (unpaired) electrons. The molecule has 0 aliphatic carbocycles. The summed E-state index contributed by atoms with van der Waals surface area (Å²) in [6.45, 7) is 7.51. The second kappa shape index (κ2) is 13.4. The maximum atomic E-state index is 11.0. The third kappa shape index (κ3) is 11.1. The van der Waals surface area contributed by atoms with Crippen molar-refractivity contribution in [1.82, 2.24) is 5.32 Å². The van der Waals surface area contributed by atoms with E-state index in [-0.39, 0.29) is 7.52 Å². The molecule has 18 heavy (non-hydrogen) atoms. The van der Waals surface area contributed by atoms with Gasteiger partial charge in [0.15, 0.2) is 0 Å².